The van der Waals surface area contributed by atoms with Crippen LogP contribution in [0.2, 0.25) is 0 Å². The van der Waals surface area contributed by atoms with Gasteiger partial charge in [-0.25, -0.2) is 9.97 Å². The van der Waals surface area contributed by atoms with Crippen LogP contribution in [0.3, 0.4) is 0 Å². The van der Waals surface area contributed by atoms with Crippen molar-refractivity contribution in [2.75, 3.05) is 0 Å². The number of hydrogen-bond acceptors (Lipinski definition) is 3. The summed E-state index contributed by atoms with van der Waals surface area (Å²) < 4.78 is 0. The molecule has 0 N–H and O–H groups in total. The molecule has 20 heavy (non-hydrogen) atoms. The van der Waals surface area contributed by atoms with Crippen molar-refractivity contribution in [2.24, 2.45) is 0 Å². The largest absolute Gasteiger partial charge is 0.256 e. The zero-order valence-electron chi connectivity index (χ0n) is 11.3. The lowest BCUT2D eigenvalue weighted by molar-refractivity contribution is 0.887. The Morgan fingerprint density at radius 1 is 0.800 bits per heavy atom. The van der Waals surface area contributed by atoms with Gasteiger partial charge in [-0.2, -0.15) is 0 Å². The third-order valence-electron chi connectivity index (χ3n) is 3.44. The van der Waals surface area contributed by atoms with Crippen LogP contribution in [0.4, 0.5) is 0 Å². The molecule has 2 heterocycles. The molecule has 3 rings (SSSR count). The quantitative estimate of drug-likeness (QED) is 0.721. The van der Waals surface area contributed by atoms with Crippen molar-refractivity contribution in [3.63, 3.8) is 0 Å². The van der Waals surface area contributed by atoms with Gasteiger partial charge >= 0.3 is 0 Å². The molecule has 0 fully saturated rings. The van der Waals surface area contributed by atoms with E-state index in [1.165, 1.54) is 5.56 Å². The van der Waals surface area contributed by atoms with E-state index in [1.807, 2.05) is 36.8 Å². The molecule has 98 valence electrons. The Morgan fingerprint density at radius 2 is 1.55 bits per heavy atom. The van der Waals surface area contributed by atoms with Gasteiger partial charge in [-0.1, -0.05) is 43.3 Å². The van der Waals surface area contributed by atoms with Gasteiger partial charge in [-0.05, 0) is 17.2 Å². The molecular weight excluding hydrogens is 246 g/mol. The van der Waals surface area contributed by atoms with Crippen molar-refractivity contribution >= 4 is 0 Å². The lowest BCUT2D eigenvalue weighted by Gasteiger charge is -2.11. The molecule has 0 saturated carbocycles. The Kier molecular flexibility index (Phi) is 3.50. The van der Waals surface area contributed by atoms with Gasteiger partial charge < -0.3 is 0 Å². The van der Waals surface area contributed by atoms with Crippen LogP contribution < -0.4 is 0 Å². The molecule has 0 aliphatic rings. The summed E-state index contributed by atoms with van der Waals surface area (Å²) in [7, 11) is 0. The molecular formula is C17H15N3. The molecule has 0 aliphatic carbocycles. The second-order valence-corrected chi connectivity index (χ2v) is 4.74. The number of aromatic nitrogens is 3. The maximum absolute atomic E-state index is 4.55. The highest BCUT2D eigenvalue weighted by Gasteiger charge is 2.09. The smallest absolute Gasteiger partial charge is 0.115 e. The highest BCUT2D eigenvalue weighted by atomic mass is 14.8. The third kappa shape index (κ3) is 2.57. The average Bonchev–Trinajstić information content (AvgIpc) is 2.56. The van der Waals surface area contributed by atoms with Gasteiger partial charge in [-0.3, -0.25) is 4.98 Å². The summed E-state index contributed by atoms with van der Waals surface area (Å²) in [6, 6.07) is 14.4. The van der Waals surface area contributed by atoms with Gasteiger partial charge in [0, 0.05) is 30.1 Å². The summed E-state index contributed by atoms with van der Waals surface area (Å²) in [6.45, 7) is 2.14. The molecule has 1 unspecified atom stereocenters. The Bertz CT molecular complexity index is 664. The Balaban J connectivity index is 1.87. The number of nitrogens with zero attached hydrogens (tertiary/aromatic N) is 3. The van der Waals surface area contributed by atoms with Crippen molar-refractivity contribution in [1.29, 1.82) is 0 Å². The normalized spacial score (nSPS) is 12.1. The van der Waals surface area contributed by atoms with Crippen LogP contribution in [0.1, 0.15) is 24.0 Å². The topological polar surface area (TPSA) is 38.7 Å². The highest BCUT2D eigenvalue weighted by molar-refractivity contribution is 5.58. The molecule has 0 spiro atoms. The molecule has 0 bridgehead atoms. The second kappa shape index (κ2) is 5.61. The van der Waals surface area contributed by atoms with Crippen LogP contribution >= 0.6 is 0 Å². The van der Waals surface area contributed by atoms with Crippen LogP contribution in [-0.4, -0.2) is 15.0 Å². The first kappa shape index (κ1) is 12.5. The van der Waals surface area contributed by atoms with Crippen molar-refractivity contribution in [2.45, 2.75) is 12.8 Å². The van der Waals surface area contributed by atoms with Gasteiger partial charge in [0.1, 0.15) is 6.33 Å². The maximum atomic E-state index is 4.55. The molecule has 0 aliphatic heterocycles. The summed E-state index contributed by atoms with van der Waals surface area (Å²) in [5, 5.41) is 0. The van der Waals surface area contributed by atoms with E-state index in [0.717, 1.165) is 16.8 Å². The summed E-state index contributed by atoms with van der Waals surface area (Å²) in [5.74, 6) is 0.244. The fourth-order valence-corrected chi connectivity index (χ4v) is 2.17. The van der Waals surface area contributed by atoms with Crippen LogP contribution in [0, 0.1) is 0 Å². The Labute approximate surface area is 118 Å². The summed E-state index contributed by atoms with van der Waals surface area (Å²) in [4.78, 5) is 12.7. The van der Waals surface area contributed by atoms with Crippen molar-refractivity contribution < 1.29 is 0 Å². The first-order valence-corrected chi connectivity index (χ1v) is 6.61. The molecule has 3 nitrogen and oxygen atoms in total. The summed E-state index contributed by atoms with van der Waals surface area (Å²) >= 11 is 0. The van der Waals surface area contributed by atoms with E-state index in [9.17, 15) is 0 Å². The zero-order valence-corrected chi connectivity index (χ0v) is 11.3. The Morgan fingerprint density at radius 3 is 2.20 bits per heavy atom. The molecule has 2 aromatic heterocycles. The monoisotopic (exact) mass is 261 g/mol. The molecule has 0 saturated heterocycles. The van der Waals surface area contributed by atoms with Crippen molar-refractivity contribution in [3.8, 4) is 11.3 Å². The molecule has 1 atom stereocenters. The highest BCUT2D eigenvalue weighted by Crippen LogP contribution is 2.24. The zero-order chi connectivity index (χ0) is 13.8. The molecule has 0 amide bonds. The lowest BCUT2D eigenvalue weighted by atomic mass is 9.96. The SMILES string of the molecule is CC(c1cncnc1)c1ccc(-c2ccccc2)nc1. The number of benzene rings is 1. The average molecular weight is 261 g/mol. The van der Waals surface area contributed by atoms with Gasteiger partial charge in [0.15, 0.2) is 0 Å². The minimum atomic E-state index is 0.244. The number of pyridine rings is 1. The van der Waals surface area contributed by atoms with E-state index in [4.69, 9.17) is 0 Å². The van der Waals surface area contributed by atoms with Crippen LogP contribution in [-0.2, 0) is 0 Å². The van der Waals surface area contributed by atoms with Gasteiger partial charge in [-0.15, -0.1) is 0 Å². The number of hydrogen-bond donors (Lipinski definition) is 0. The van der Waals surface area contributed by atoms with E-state index < -0.39 is 0 Å². The molecule has 1 aromatic carbocycles. The van der Waals surface area contributed by atoms with E-state index in [2.05, 4.69) is 46.1 Å². The van der Waals surface area contributed by atoms with Gasteiger partial charge in [0.2, 0.25) is 0 Å². The van der Waals surface area contributed by atoms with Crippen LogP contribution in [0.15, 0.2) is 67.4 Å². The second-order valence-electron chi connectivity index (χ2n) is 4.74. The fraction of sp³-hybridized carbons (Fsp3) is 0.118. The Hall–Kier alpha value is -2.55. The molecule has 3 heteroatoms. The predicted molar refractivity (Wildman–Crippen MR) is 79.2 cm³/mol. The summed E-state index contributed by atoms with van der Waals surface area (Å²) in [5.41, 5.74) is 4.39. The number of rotatable bonds is 3. The van der Waals surface area contributed by atoms with E-state index >= 15 is 0 Å². The third-order valence-corrected chi connectivity index (χ3v) is 3.44. The van der Waals surface area contributed by atoms with E-state index in [0.29, 0.717) is 0 Å². The standard InChI is InChI=1S/C17H15N3/c1-13(16-9-18-12-19-10-16)15-7-8-17(20-11-15)14-5-3-2-4-6-14/h2-13H,1H3. The van der Waals surface area contributed by atoms with Crippen LogP contribution in [0.25, 0.3) is 11.3 Å². The fourth-order valence-electron chi connectivity index (χ4n) is 2.17. The van der Waals surface area contributed by atoms with E-state index in [1.54, 1.807) is 6.33 Å². The first-order chi connectivity index (χ1) is 9.84. The van der Waals surface area contributed by atoms with Gasteiger partial charge in [0.25, 0.3) is 0 Å². The van der Waals surface area contributed by atoms with Crippen molar-refractivity contribution in [3.05, 3.63) is 78.5 Å². The van der Waals surface area contributed by atoms with E-state index in [-0.39, 0.29) is 5.92 Å². The molecule has 0 radical (unpaired) electrons. The molecule has 3 aromatic rings. The van der Waals surface area contributed by atoms with Crippen molar-refractivity contribution in [1.82, 2.24) is 15.0 Å². The van der Waals surface area contributed by atoms with Gasteiger partial charge in [0.05, 0.1) is 5.69 Å². The lowest BCUT2D eigenvalue weighted by Crippen LogP contribution is -1.98. The summed E-state index contributed by atoms with van der Waals surface area (Å²) in [6.07, 6.45) is 7.18. The first-order valence-electron chi connectivity index (χ1n) is 6.61. The minimum absolute atomic E-state index is 0.244. The maximum Gasteiger partial charge on any atom is 0.115 e. The predicted octanol–water partition coefficient (Wildman–Crippen LogP) is 3.69. The van der Waals surface area contributed by atoms with Crippen LogP contribution in [0.5, 0.6) is 0 Å². The minimum Gasteiger partial charge on any atom is -0.256 e.